The van der Waals surface area contributed by atoms with Gasteiger partial charge in [-0.25, -0.2) is 4.98 Å². The van der Waals surface area contributed by atoms with Crippen molar-refractivity contribution in [1.82, 2.24) is 0 Å². The molecule has 1 aliphatic heterocycles. The number of hydrogen-bond acceptors (Lipinski definition) is 3. The average Bonchev–Trinajstić information content (AvgIpc) is 2.84. The maximum Gasteiger partial charge on any atom is 0.275 e. The third kappa shape index (κ3) is 3.57. The first-order chi connectivity index (χ1) is 14.8. The van der Waals surface area contributed by atoms with Gasteiger partial charge in [0.05, 0.1) is 20.2 Å². The molecule has 0 spiro atoms. The largest absolute Gasteiger partial charge is 0.497 e. The summed E-state index contributed by atoms with van der Waals surface area (Å²) < 4.78 is 5.28. The van der Waals surface area contributed by atoms with Crippen LogP contribution in [0.4, 0.5) is 11.5 Å². The summed E-state index contributed by atoms with van der Waals surface area (Å²) in [5, 5.41) is 1.25. The predicted molar refractivity (Wildman–Crippen MR) is 123 cm³/mol. The molecular weight excluding hydrogens is 370 g/mol. The number of anilines is 2. The van der Waals surface area contributed by atoms with Gasteiger partial charge in [0, 0.05) is 22.7 Å². The average molecular weight is 397 g/mol. The Hall–Kier alpha value is -3.53. The number of para-hydroxylation sites is 1. The third-order valence-electron chi connectivity index (χ3n) is 5.90. The number of nitrogens with one attached hydrogen (secondary N) is 1. The van der Waals surface area contributed by atoms with Gasteiger partial charge in [-0.3, -0.25) is 4.90 Å². The molecule has 1 fully saturated rings. The molecule has 0 bridgehead atoms. The van der Waals surface area contributed by atoms with Gasteiger partial charge in [-0.15, -0.1) is 0 Å². The standard InChI is InChI=1S/C26H25N3O/c1-30-22-13-11-21(12-14-22)28-15-17-29(18-16-28)26-19-24(20-7-3-2-4-8-20)23-9-5-6-10-25(23)27-26/h2-14,19H,15-18H2,1H3/p+1. The molecule has 0 saturated carbocycles. The lowest BCUT2D eigenvalue weighted by Crippen LogP contribution is -2.48. The van der Waals surface area contributed by atoms with Crippen LogP contribution in [0.1, 0.15) is 0 Å². The first-order valence-electron chi connectivity index (χ1n) is 10.5. The molecule has 5 rings (SSSR count). The Labute approximate surface area is 177 Å². The van der Waals surface area contributed by atoms with Crippen molar-refractivity contribution in [3.63, 3.8) is 0 Å². The zero-order valence-electron chi connectivity index (χ0n) is 17.2. The van der Waals surface area contributed by atoms with Crippen LogP contribution < -0.4 is 19.5 Å². The SMILES string of the molecule is COc1ccc(N2CCN(c3cc(-c4ccccc4)c4ccccc4[nH+]3)CC2)cc1. The number of ether oxygens (including phenoxy) is 1. The summed E-state index contributed by atoms with van der Waals surface area (Å²) in [5.41, 5.74) is 4.95. The molecule has 3 aromatic carbocycles. The Balaban J connectivity index is 1.42. The maximum atomic E-state index is 5.28. The van der Waals surface area contributed by atoms with Gasteiger partial charge in [-0.1, -0.05) is 48.5 Å². The Morgan fingerprint density at radius 2 is 1.40 bits per heavy atom. The number of rotatable bonds is 4. The van der Waals surface area contributed by atoms with E-state index >= 15 is 0 Å². The topological polar surface area (TPSA) is 29.9 Å². The van der Waals surface area contributed by atoms with Crippen LogP contribution in [0, 0.1) is 0 Å². The number of methoxy groups -OCH3 is 1. The zero-order chi connectivity index (χ0) is 20.3. The van der Waals surface area contributed by atoms with E-state index in [0.717, 1.165) is 31.9 Å². The number of aromatic nitrogens is 1. The van der Waals surface area contributed by atoms with Crippen molar-refractivity contribution in [2.75, 3.05) is 43.1 Å². The van der Waals surface area contributed by atoms with Crippen molar-refractivity contribution in [3.05, 3.63) is 84.9 Å². The highest BCUT2D eigenvalue weighted by Gasteiger charge is 2.25. The number of nitrogens with zero attached hydrogens (tertiary/aromatic N) is 2. The molecule has 1 saturated heterocycles. The van der Waals surface area contributed by atoms with Gasteiger partial charge in [0.2, 0.25) is 0 Å². The lowest BCUT2D eigenvalue weighted by molar-refractivity contribution is -0.330. The zero-order valence-corrected chi connectivity index (χ0v) is 17.2. The van der Waals surface area contributed by atoms with E-state index < -0.39 is 0 Å². The fourth-order valence-corrected chi connectivity index (χ4v) is 4.24. The summed E-state index contributed by atoms with van der Waals surface area (Å²) >= 11 is 0. The van der Waals surface area contributed by atoms with E-state index in [9.17, 15) is 0 Å². The molecule has 1 aromatic heterocycles. The van der Waals surface area contributed by atoms with E-state index in [1.54, 1.807) is 7.11 Å². The van der Waals surface area contributed by atoms with E-state index in [-0.39, 0.29) is 0 Å². The number of aromatic amines is 1. The fraction of sp³-hybridized carbons (Fsp3) is 0.192. The van der Waals surface area contributed by atoms with Crippen LogP contribution in [0.3, 0.4) is 0 Å². The van der Waals surface area contributed by atoms with E-state index in [4.69, 9.17) is 4.74 Å². The van der Waals surface area contributed by atoms with E-state index in [1.807, 2.05) is 12.1 Å². The number of H-pyrrole nitrogens is 1. The van der Waals surface area contributed by atoms with Crippen molar-refractivity contribution in [2.24, 2.45) is 0 Å². The second-order valence-electron chi connectivity index (χ2n) is 7.65. The molecule has 150 valence electrons. The molecule has 0 aliphatic carbocycles. The number of benzene rings is 3. The maximum absolute atomic E-state index is 5.28. The number of hydrogen-bond donors (Lipinski definition) is 0. The normalized spacial score (nSPS) is 14.2. The molecule has 0 unspecified atom stereocenters. The quantitative estimate of drug-likeness (QED) is 0.503. The molecule has 0 atom stereocenters. The van der Waals surface area contributed by atoms with Gasteiger partial charge < -0.3 is 9.64 Å². The first kappa shape index (κ1) is 18.5. The molecule has 1 aliphatic rings. The predicted octanol–water partition coefficient (Wildman–Crippen LogP) is 4.66. The third-order valence-corrected chi connectivity index (χ3v) is 5.90. The first-order valence-corrected chi connectivity index (χ1v) is 10.5. The Bertz CT molecular complexity index is 1130. The lowest BCUT2D eigenvalue weighted by Gasteiger charge is -2.32. The van der Waals surface area contributed by atoms with Crippen molar-refractivity contribution in [3.8, 4) is 16.9 Å². The smallest absolute Gasteiger partial charge is 0.275 e. The van der Waals surface area contributed by atoms with Crippen molar-refractivity contribution >= 4 is 22.4 Å². The van der Waals surface area contributed by atoms with Crippen LogP contribution in [-0.4, -0.2) is 33.3 Å². The Kier molecular flexibility index (Phi) is 4.98. The van der Waals surface area contributed by atoms with E-state index in [0.29, 0.717) is 0 Å². The fourth-order valence-electron chi connectivity index (χ4n) is 4.24. The second kappa shape index (κ2) is 8.07. The minimum Gasteiger partial charge on any atom is -0.497 e. The molecule has 4 heteroatoms. The highest BCUT2D eigenvalue weighted by atomic mass is 16.5. The monoisotopic (exact) mass is 396 g/mol. The second-order valence-corrected chi connectivity index (χ2v) is 7.65. The van der Waals surface area contributed by atoms with Crippen LogP contribution in [0.15, 0.2) is 84.9 Å². The summed E-state index contributed by atoms with van der Waals surface area (Å²) in [5.74, 6) is 2.08. The number of piperazine rings is 1. The molecular formula is C26H26N3O+. The minimum absolute atomic E-state index is 0.900. The summed E-state index contributed by atoms with van der Waals surface area (Å²) in [6.07, 6.45) is 0. The molecule has 2 heterocycles. The minimum atomic E-state index is 0.900. The van der Waals surface area contributed by atoms with Crippen molar-refractivity contribution < 1.29 is 9.72 Å². The molecule has 0 radical (unpaired) electrons. The van der Waals surface area contributed by atoms with Gasteiger partial charge in [0.1, 0.15) is 24.4 Å². The number of pyridine rings is 1. The van der Waals surface area contributed by atoms with Crippen LogP contribution in [-0.2, 0) is 0 Å². The Morgan fingerprint density at radius 3 is 2.13 bits per heavy atom. The van der Waals surface area contributed by atoms with Crippen molar-refractivity contribution in [2.45, 2.75) is 0 Å². The van der Waals surface area contributed by atoms with Crippen LogP contribution in [0.25, 0.3) is 22.0 Å². The highest BCUT2D eigenvalue weighted by molar-refractivity contribution is 5.93. The summed E-state index contributed by atoms with van der Waals surface area (Å²) in [6.45, 7) is 3.95. The molecule has 4 aromatic rings. The van der Waals surface area contributed by atoms with Gasteiger partial charge in [-0.05, 0) is 35.9 Å². The van der Waals surface area contributed by atoms with Gasteiger partial charge in [0.15, 0.2) is 0 Å². The Morgan fingerprint density at radius 1 is 0.733 bits per heavy atom. The molecule has 0 amide bonds. The lowest BCUT2D eigenvalue weighted by atomic mass is 10.0. The molecule has 4 nitrogen and oxygen atoms in total. The van der Waals surface area contributed by atoms with Crippen LogP contribution >= 0.6 is 0 Å². The van der Waals surface area contributed by atoms with Crippen LogP contribution in [0.2, 0.25) is 0 Å². The summed E-state index contributed by atoms with van der Waals surface area (Å²) in [4.78, 5) is 8.56. The number of fused-ring (bicyclic) bond motifs is 1. The van der Waals surface area contributed by atoms with Gasteiger partial charge in [0.25, 0.3) is 5.82 Å². The highest BCUT2D eigenvalue weighted by Crippen LogP contribution is 2.30. The van der Waals surface area contributed by atoms with E-state index in [2.05, 4.69) is 87.6 Å². The van der Waals surface area contributed by atoms with Crippen LogP contribution in [0.5, 0.6) is 5.75 Å². The molecule has 1 N–H and O–H groups in total. The summed E-state index contributed by atoms with van der Waals surface area (Å²) in [6, 6.07) is 29.9. The molecule has 30 heavy (non-hydrogen) atoms. The van der Waals surface area contributed by atoms with Gasteiger partial charge in [-0.2, -0.15) is 0 Å². The van der Waals surface area contributed by atoms with E-state index in [1.165, 1.54) is 33.5 Å². The van der Waals surface area contributed by atoms with Gasteiger partial charge >= 0.3 is 0 Å². The van der Waals surface area contributed by atoms with Crippen molar-refractivity contribution in [1.29, 1.82) is 0 Å². The summed E-state index contributed by atoms with van der Waals surface area (Å²) in [7, 11) is 1.71.